The third-order valence-corrected chi connectivity index (χ3v) is 12.9. The van der Waals surface area contributed by atoms with Gasteiger partial charge < -0.3 is 14.2 Å². The minimum atomic E-state index is -0.807. The number of esters is 3. The van der Waals surface area contributed by atoms with Crippen molar-refractivity contribution in [1.29, 1.82) is 0 Å². The highest BCUT2D eigenvalue weighted by atomic mass is 16.6. The van der Waals surface area contributed by atoms with Gasteiger partial charge in [0.25, 0.3) is 0 Å². The topological polar surface area (TPSA) is 78.9 Å². The van der Waals surface area contributed by atoms with E-state index in [0.29, 0.717) is 19.3 Å². The van der Waals surface area contributed by atoms with Gasteiger partial charge in [-0.1, -0.05) is 267 Å². The first kappa shape index (κ1) is 66.9. The van der Waals surface area contributed by atoms with E-state index in [9.17, 15) is 14.4 Å². The Labute approximate surface area is 433 Å². The lowest BCUT2D eigenvalue weighted by Crippen LogP contribution is -2.30. The molecule has 0 radical (unpaired) electrons. The van der Waals surface area contributed by atoms with Crippen molar-refractivity contribution < 1.29 is 28.6 Å². The normalized spacial score (nSPS) is 12.6. The van der Waals surface area contributed by atoms with Crippen LogP contribution in [-0.4, -0.2) is 37.2 Å². The maximum atomic E-state index is 12.8. The summed E-state index contributed by atoms with van der Waals surface area (Å²) in [6.45, 7) is 6.50. The highest BCUT2D eigenvalue weighted by molar-refractivity contribution is 5.71. The predicted octanol–water partition coefficient (Wildman–Crippen LogP) is 20.2. The summed E-state index contributed by atoms with van der Waals surface area (Å²) in [5, 5.41) is 0. The fraction of sp³-hybridized carbons (Fsp3) is 0.766. The summed E-state index contributed by atoms with van der Waals surface area (Å²) in [6, 6.07) is 0. The van der Waals surface area contributed by atoms with E-state index in [1.54, 1.807) is 0 Å². The molecule has 6 heteroatoms. The zero-order valence-electron chi connectivity index (χ0n) is 46.3. The number of rotatable bonds is 54. The van der Waals surface area contributed by atoms with Crippen LogP contribution in [0.4, 0.5) is 0 Å². The van der Waals surface area contributed by atoms with Crippen LogP contribution in [0.15, 0.2) is 72.9 Å². The fourth-order valence-corrected chi connectivity index (χ4v) is 8.47. The van der Waals surface area contributed by atoms with E-state index in [2.05, 4.69) is 93.7 Å². The first-order valence-electron chi connectivity index (χ1n) is 29.9. The molecule has 1 unspecified atom stereocenters. The molecule has 0 aromatic heterocycles. The van der Waals surface area contributed by atoms with E-state index in [4.69, 9.17) is 14.2 Å². The van der Waals surface area contributed by atoms with Crippen molar-refractivity contribution in [2.24, 2.45) is 0 Å². The van der Waals surface area contributed by atoms with Crippen LogP contribution in [0.2, 0.25) is 0 Å². The quantitative estimate of drug-likeness (QED) is 0.0261. The van der Waals surface area contributed by atoms with Crippen molar-refractivity contribution in [2.45, 2.75) is 303 Å². The van der Waals surface area contributed by atoms with Gasteiger partial charge >= 0.3 is 17.9 Å². The van der Waals surface area contributed by atoms with Gasteiger partial charge in [0.1, 0.15) is 13.2 Å². The van der Waals surface area contributed by atoms with E-state index in [1.807, 2.05) is 0 Å². The number of hydrogen-bond acceptors (Lipinski definition) is 6. The minimum Gasteiger partial charge on any atom is -0.462 e. The average Bonchev–Trinajstić information content (AvgIpc) is 3.36. The smallest absolute Gasteiger partial charge is 0.306 e. The third-order valence-electron chi connectivity index (χ3n) is 12.9. The molecule has 0 saturated carbocycles. The van der Waals surface area contributed by atoms with E-state index in [1.165, 1.54) is 167 Å². The molecule has 0 aromatic rings. The lowest BCUT2D eigenvalue weighted by Gasteiger charge is -2.18. The van der Waals surface area contributed by atoms with E-state index < -0.39 is 6.10 Å². The van der Waals surface area contributed by atoms with E-state index in [0.717, 1.165) is 83.5 Å². The third kappa shape index (κ3) is 55.8. The van der Waals surface area contributed by atoms with Crippen molar-refractivity contribution in [2.75, 3.05) is 13.2 Å². The molecule has 0 aliphatic rings. The van der Waals surface area contributed by atoms with Crippen molar-refractivity contribution in [3.8, 4) is 0 Å². The Morgan fingerprint density at radius 3 is 0.929 bits per heavy atom. The summed E-state index contributed by atoms with van der Waals surface area (Å²) >= 11 is 0. The second kappa shape index (κ2) is 58.4. The molecule has 404 valence electrons. The second-order valence-corrected chi connectivity index (χ2v) is 19.9. The largest absolute Gasteiger partial charge is 0.462 e. The molecule has 0 aromatic carbocycles. The van der Waals surface area contributed by atoms with Gasteiger partial charge in [0.2, 0.25) is 0 Å². The fourth-order valence-electron chi connectivity index (χ4n) is 8.47. The summed E-state index contributed by atoms with van der Waals surface area (Å²) < 4.78 is 16.8. The molecule has 0 spiro atoms. The Morgan fingerprint density at radius 1 is 0.300 bits per heavy atom. The van der Waals surface area contributed by atoms with Gasteiger partial charge in [0.15, 0.2) is 6.10 Å². The average molecular weight is 978 g/mol. The Morgan fingerprint density at radius 2 is 0.571 bits per heavy atom. The minimum absolute atomic E-state index is 0.0980. The standard InChI is InChI=1S/C64H112O6/c1-4-7-10-13-16-19-22-25-28-31-32-34-36-39-42-45-48-51-54-57-63(66)69-60-61(59-68-62(65)56-53-50-47-44-41-38-35-30-27-24-21-18-15-12-9-6-3)70-64(67)58-55-52-49-46-43-40-37-33-29-26-23-20-17-14-11-8-5-2/h8,11,17,20,26,29-30,35,37,40,46,49,61H,4-7,9-10,12-16,18-19,21-25,27-28,31-34,36,38-39,41-45,47-48,50-60H2,1-3H3/b11-8-,20-17-,29-26-,35-30-,40-37-,49-46-. The van der Waals surface area contributed by atoms with Gasteiger partial charge in [-0.3, -0.25) is 14.4 Å². The van der Waals surface area contributed by atoms with Gasteiger partial charge in [-0.2, -0.15) is 0 Å². The molecular formula is C64H112O6. The van der Waals surface area contributed by atoms with Crippen LogP contribution in [-0.2, 0) is 28.6 Å². The molecule has 70 heavy (non-hydrogen) atoms. The van der Waals surface area contributed by atoms with Gasteiger partial charge in [0.05, 0.1) is 0 Å². The monoisotopic (exact) mass is 977 g/mol. The highest BCUT2D eigenvalue weighted by Crippen LogP contribution is 2.16. The van der Waals surface area contributed by atoms with E-state index >= 15 is 0 Å². The molecule has 0 heterocycles. The highest BCUT2D eigenvalue weighted by Gasteiger charge is 2.19. The first-order chi connectivity index (χ1) is 34.5. The van der Waals surface area contributed by atoms with Crippen molar-refractivity contribution in [1.82, 2.24) is 0 Å². The molecule has 0 rings (SSSR count). The Kier molecular flexibility index (Phi) is 55.8. The number of ether oxygens (including phenoxy) is 3. The van der Waals surface area contributed by atoms with Crippen LogP contribution in [0.5, 0.6) is 0 Å². The number of allylic oxidation sites excluding steroid dienone is 12. The summed E-state index contributed by atoms with van der Waals surface area (Å²) in [5.74, 6) is -0.953. The van der Waals surface area contributed by atoms with Gasteiger partial charge in [0, 0.05) is 19.3 Å². The predicted molar refractivity (Wildman–Crippen MR) is 302 cm³/mol. The van der Waals surface area contributed by atoms with Crippen LogP contribution in [0, 0.1) is 0 Å². The lowest BCUT2D eigenvalue weighted by atomic mass is 10.0. The molecule has 0 saturated heterocycles. The Bertz CT molecular complexity index is 1310. The molecule has 0 bridgehead atoms. The molecule has 0 amide bonds. The number of carbonyl (C=O) groups is 3. The van der Waals surface area contributed by atoms with Gasteiger partial charge in [-0.25, -0.2) is 0 Å². The molecule has 0 N–H and O–H groups in total. The maximum Gasteiger partial charge on any atom is 0.306 e. The molecule has 0 fully saturated rings. The zero-order chi connectivity index (χ0) is 50.7. The molecule has 6 nitrogen and oxygen atoms in total. The summed E-state index contributed by atoms with van der Waals surface area (Å²) in [4.78, 5) is 38.2. The first-order valence-corrected chi connectivity index (χ1v) is 29.9. The van der Waals surface area contributed by atoms with Gasteiger partial charge in [-0.05, 0) is 83.5 Å². The Hall–Kier alpha value is -3.15. The van der Waals surface area contributed by atoms with E-state index in [-0.39, 0.29) is 37.5 Å². The second-order valence-electron chi connectivity index (χ2n) is 19.9. The summed E-state index contributed by atoms with van der Waals surface area (Å²) in [6.07, 6.45) is 74.8. The van der Waals surface area contributed by atoms with Crippen LogP contribution in [0.25, 0.3) is 0 Å². The lowest BCUT2D eigenvalue weighted by molar-refractivity contribution is -0.167. The van der Waals surface area contributed by atoms with Crippen LogP contribution in [0.1, 0.15) is 297 Å². The number of unbranched alkanes of at least 4 members (excludes halogenated alkanes) is 31. The van der Waals surface area contributed by atoms with Crippen LogP contribution < -0.4 is 0 Å². The SMILES string of the molecule is CC/C=C\C/C=C\C/C=C\C/C=C\C/C=C\CCCC(=O)OC(COC(=O)CCCCCCC/C=C\CCCCCCCCC)COC(=O)CCCCCCCCCCCCCCCCCCCCC. The molecule has 0 aliphatic carbocycles. The summed E-state index contributed by atoms with van der Waals surface area (Å²) in [5.41, 5.74) is 0. The Balaban J connectivity index is 4.44. The molecular weight excluding hydrogens is 865 g/mol. The van der Waals surface area contributed by atoms with Crippen molar-refractivity contribution >= 4 is 17.9 Å². The van der Waals surface area contributed by atoms with Crippen molar-refractivity contribution in [3.05, 3.63) is 72.9 Å². The maximum absolute atomic E-state index is 12.8. The van der Waals surface area contributed by atoms with Crippen LogP contribution in [0.3, 0.4) is 0 Å². The zero-order valence-corrected chi connectivity index (χ0v) is 46.3. The van der Waals surface area contributed by atoms with Crippen LogP contribution >= 0.6 is 0 Å². The van der Waals surface area contributed by atoms with Crippen molar-refractivity contribution in [3.63, 3.8) is 0 Å². The molecule has 0 aliphatic heterocycles. The number of hydrogen-bond donors (Lipinski definition) is 0. The molecule has 1 atom stereocenters. The summed E-state index contributed by atoms with van der Waals surface area (Å²) in [7, 11) is 0. The number of carbonyl (C=O) groups excluding carboxylic acids is 3. The van der Waals surface area contributed by atoms with Gasteiger partial charge in [-0.15, -0.1) is 0 Å².